The fourth-order valence-corrected chi connectivity index (χ4v) is 3.14. The van der Waals surface area contributed by atoms with Crippen LogP contribution in [-0.4, -0.2) is 5.78 Å². The van der Waals surface area contributed by atoms with E-state index in [-0.39, 0.29) is 11.6 Å². The van der Waals surface area contributed by atoms with Crippen LogP contribution in [0, 0.1) is 5.82 Å². The Morgan fingerprint density at radius 2 is 1.62 bits per heavy atom. The average molecular weight is 364 g/mol. The summed E-state index contributed by atoms with van der Waals surface area (Å²) in [6.45, 7) is 0. The van der Waals surface area contributed by atoms with Crippen molar-refractivity contribution < 1.29 is 9.18 Å². The quantitative estimate of drug-likeness (QED) is 0.540. The van der Waals surface area contributed by atoms with E-state index in [0.29, 0.717) is 31.4 Å². The molecule has 0 spiro atoms. The Bertz CT molecular complexity index is 861. The molecule has 0 bridgehead atoms. The van der Waals surface area contributed by atoms with Gasteiger partial charge in [0.25, 0.3) is 0 Å². The summed E-state index contributed by atoms with van der Waals surface area (Å²) in [5, 5.41) is 1.58. The van der Waals surface area contributed by atoms with E-state index < -0.39 is 0 Å². The van der Waals surface area contributed by atoms with Crippen LogP contribution in [0.3, 0.4) is 0 Å². The first-order chi connectivity index (χ1) is 10.1. The lowest BCUT2D eigenvalue weighted by atomic mass is 9.97. The first kappa shape index (κ1) is 14.2. The fraction of sp³-hybridized carbons (Fsp3) is 0. The zero-order valence-electron chi connectivity index (χ0n) is 10.7. The Morgan fingerprint density at radius 1 is 0.952 bits per heavy atom. The predicted octanol–water partition coefficient (Wildman–Crippen LogP) is 5.63. The molecule has 0 aliphatic heterocycles. The first-order valence-corrected chi connectivity index (χ1v) is 7.42. The molecule has 0 N–H and O–H groups in total. The van der Waals surface area contributed by atoms with E-state index in [9.17, 15) is 9.18 Å². The number of hydrogen-bond acceptors (Lipinski definition) is 1. The number of ketones is 1. The summed E-state index contributed by atoms with van der Waals surface area (Å²) < 4.78 is 14.4. The zero-order valence-corrected chi connectivity index (χ0v) is 13.1. The van der Waals surface area contributed by atoms with Crippen LogP contribution in [0.5, 0.6) is 0 Å². The molecule has 3 aromatic rings. The molecule has 0 aliphatic rings. The molecule has 21 heavy (non-hydrogen) atoms. The maximum Gasteiger partial charge on any atom is 0.194 e. The number of carbonyl (C=O) groups is 1. The van der Waals surface area contributed by atoms with E-state index in [4.69, 9.17) is 11.6 Å². The minimum atomic E-state index is -0.336. The smallest absolute Gasteiger partial charge is 0.194 e. The SMILES string of the molecule is O=C(c1ccc(Cl)cc1Br)c1ccc(F)c2ccccc12. The van der Waals surface area contributed by atoms with Crippen LogP contribution in [0.15, 0.2) is 59.1 Å². The summed E-state index contributed by atoms with van der Waals surface area (Å²) in [5.41, 5.74) is 0.964. The van der Waals surface area contributed by atoms with Gasteiger partial charge >= 0.3 is 0 Å². The van der Waals surface area contributed by atoms with Crippen LogP contribution in [0.25, 0.3) is 10.8 Å². The Hall–Kier alpha value is -1.71. The summed E-state index contributed by atoms with van der Waals surface area (Å²) in [6, 6.07) is 14.8. The van der Waals surface area contributed by atoms with Gasteiger partial charge in [0.05, 0.1) is 0 Å². The van der Waals surface area contributed by atoms with Gasteiger partial charge in [-0.2, -0.15) is 0 Å². The lowest BCUT2D eigenvalue weighted by Gasteiger charge is -2.08. The highest BCUT2D eigenvalue weighted by Gasteiger charge is 2.16. The molecule has 0 saturated carbocycles. The number of benzene rings is 3. The first-order valence-electron chi connectivity index (χ1n) is 6.25. The molecule has 0 amide bonds. The largest absolute Gasteiger partial charge is 0.289 e. The van der Waals surface area contributed by atoms with Crippen LogP contribution in [0.1, 0.15) is 15.9 Å². The Kier molecular flexibility index (Phi) is 3.79. The van der Waals surface area contributed by atoms with Crippen LogP contribution in [0.2, 0.25) is 5.02 Å². The topological polar surface area (TPSA) is 17.1 Å². The maximum absolute atomic E-state index is 13.8. The third-order valence-corrected chi connectivity index (χ3v) is 4.18. The molecule has 0 atom stereocenters. The van der Waals surface area contributed by atoms with Gasteiger partial charge in [0, 0.05) is 26.0 Å². The minimum absolute atomic E-state index is 0.172. The van der Waals surface area contributed by atoms with Crippen molar-refractivity contribution >= 4 is 44.1 Å². The molecular weight excluding hydrogens is 355 g/mol. The van der Waals surface area contributed by atoms with Crippen molar-refractivity contribution in [3.8, 4) is 0 Å². The highest BCUT2D eigenvalue weighted by Crippen LogP contribution is 2.28. The third-order valence-electron chi connectivity index (χ3n) is 3.29. The summed E-state index contributed by atoms with van der Waals surface area (Å²) in [4.78, 5) is 12.7. The molecule has 4 heteroatoms. The second-order valence-electron chi connectivity index (χ2n) is 4.59. The Morgan fingerprint density at radius 3 is 2.33 bits per heavy atom. The van der Waals surface area contributed by atoms with E-state index >= 15 is 0 Å². The summed E-state index contributed by atoms with van der Waals surface area (Å²) in [6.07, 6.45) is 0. The summed E-state index contributed by atoms with van der Waals surface area (Å²) in [7, 11) is 0. The highest BCUT2D eigenvalue weighted by atomic mass is 79.9. The number of hydrogen-bond donors (Lipinski definition) is 0. The van der Waals surface area contributed by atoms with Crippen molar-refractivity contribution in [2.24, 2.45) is 0 Å². The Labute approximate surface area is 134 Å². The predicted molar refractivity (Wildman–Crippen MR) is 86.5 cm³/mol. The van der Waals surface area contributed by atoms with Gasteiger partial charge in [-0.05, 0) is 51.6 Å². The normalized spacial score (nSPS) is 10.8. The van der Waals surface area contributed by atoms with Gasteiger partial charge in [-0.3, -0.25) is 4.79 Å². The molecule has 3 rings (SSSR count). The number of fused-ring (bicyclic) bond motifs is 1. The van der Waals surface area contributed by atoms with Gasteiger partial charge < -0.3 is 0 Å². The molecule has 0 aromatic heterocycles. The Balaban J connectivity index is 2.21. The van der Waals surface area contributed by atoms with Crippen LogP contribution >= 0.6 is 27.5 Å². The van der Waals surface area contributed by atoms with Crippen molar-refractivity contribution in [2.45, 2.75) is 0 Å². The lowest BCUT2D eigenvalue weighted by Crippen LogP contribution is -2.03. The van der Waals surface area contributed by atoms with E-state index in [1.807, 2.05) is 0 Å². The third kappa shape index (κ3) is 2.59. The van der Waals surface area contributed by atoms with E-state index in [1.165, 1.54) is 12.1 Å². The minimum Gasteiger partial charge on any atom is -0.289 e. The molecule has 104 valence electrons. The standard InChI is InChI=1S/C17H9BrClFO/c18-15-9-10(19)5-6-14(15)17(21)13-7-8-16(20)12-4-2-1-3-11(12)13/h1-9H. The molecule has 0 heterocycles. The zero-order chi connectivity index (χ0) is 15.0. The van der Waals surface area contributed by atoms with Gasteiger partial charge in [-0.25, -0.2) is 4.39 Å². The molecule has 1 nitrogen and oxygen atoms in total. The molecule has 0 radical (unpaired) electrons. The second kappa shape index (κ2) is 5.58. The maximum atomic E-state index is 13.8. The van der Waals surface area contributed by atoms with Gasteiger partial charge in [-0.1, -0.05) is 35.9 Å². The van der Waals surface area contributed by atoms with Crippen LogP contribution in [0.4, 0.5) is 4.39 Å². The van der Waals surface area contributed by atoms with Crippen molar-refractivity contribution in [3.05, 3.63) is 81.0 Å². The van der Waals surface area contributed by atoms with E-state index in [0.717, 1.165) is 0 Å². The lowest BCUT2D eigenvalue weighted by molar-refractivity contribution is 0.103. The number of carbonyl (C=O) groups excluding carboxylic acids is 1. The van der Waals surface area contributed by atoms with Gasteiger partial charge in [0.2, 0.25) is 0 Å². The second-order valence-corrected chi connectivity index (χ2v) is 5.88. The summed E-state index contributed by atoms with van der Waals surface area (Å²) >= 11 is 9.24. The molecule has 0 saturated heterocycles. The van der Waals surface area contributed by atoms with Crippen LogP contribution < -0.4 is 0 Å². The van der Waals surface area contributed by atoms with Crippen molar-refractivity contribution in [1.82, 2.24) is 0 Å². The fourth-order valence-electron chi connectivity index (χ4n) is 2.28. The summed E-state index contributed by atoms with van der Waals surface area (Å²) in [5.74, 6) is -0.507. The van der Waals surface area contributed by atoms with E-state index in [1.54, 1.807) is 42.5 Å². The van der Waals surface area contributed by atoms with E-state index in [2.05, 4.69) is 15.9 Å². The number of rotatable bonds is 2. The molecular formula is C17H9BrClFO. The highest BCUT2D eigenvalue weighted by molar-refractivity contribution is 9.10. The number of halogens is 3. The van der Waals surface area contributed by atoms with Crippen molar-refractivity contribution in [1.29, 1.82) is 0 Å². The molecule has 0 aliphatic carbocycles. The van der Waals surface area contributed by atoms with Crippen molar-refractivity contribution in [3.63, 3.8) is 0 Å². The molecule has 0 fully saturated rings. The van der Waals surface area contributed by atoms with Gasteiger partial charge in [0.15, 0.2) is 5.78 Å². The monoisotopic (exact) mass is 362 g/mol. The van der Waals surface area contributed by atoms with Gasteiger partial charge in [-0.15, -0.1) is 0 Å². The molecule has 3 aromatic carbocycles. The molecule has 0 unspecified atom stereocenters. The average Bonchev–Trinajstić information content (AvgIpc) is 2.47. The van der Waals surface area contributed by atoms with Crippen molar-refractivity contribution in [2.75, 3.05) is 0 Å². The van der Waals surface area contributed by atoms with Crippen LogP contribution in [-0.2, 0) is 0 Å². The van der Waals surface area contributed by atoms with Gasteiger partial charge in [0.1, 0.15) is 5.82 Å².